The molecule has 1 N–H and O–H groups in total. The van der Waals surface area contributed by atoms with Gasteiger partial charge in [0, 0.05) is 30.7 Å². The van der Waals surface area contributed by atoms with Crippen molar-refractivity contribution in [2.45, 2.75) is 19.8 Å². The quantitative estimate of drug-likeness (QED) is 0.414. The molecule has 3 aromatic carbocycles. The predicted octanol–water partition coefficient (Wildman–Crippen LogP) is 5.10. The van der Waals surface area contributed by atoms with Gasteiger partial charge in [0.25, 0.3) is 5.56 Å². The highest BCUT2D eigenvalue weighted by molar-refractivity contribution is 5.96. The first-order chi connectivity index (χ1) is 15.7. The molecule has 5 aromatic rings. The Balaban J connectivity index is 1.66. The van der Waals surface area contributed by atoms with Crippen molar-refractivity contribution >= 4 is 21.9 Å². The number of para-hydroxylation sites is 1. The first-order valence-electron chi connectivity index (χ1n) is 11.0. The summed E-state index contributed by atoms with van der Waals surface area (Å²) in [5.41, 5.74) is 9.78. The number of benzene rings is 3. The molecule has 0 radical (unpaired) electrons. The highest BCUT2D eigenvalue weighted by atomic mass is 16.1. The van der Waals surface area contributed by atoms with E-state index in [2.05, 4.69) is 54.8 Å². The molecular formula is C27H26N4O. The van der Waals surface area contributed by atoms with Crippen molar-refractivity contribution in [2.24, 2.45) is 7.05 Å². The van der Waals surface area contributed by atoms with E-state index in [1.165, 1.54) is 11.1 Å². The van der Waals surface area contributed by atoms with Crippen LogP contribution in [-0.4, -0.2) is 20.8 Å². The summed E-state index contributed by atoms with van der Waals surface area (Å²) in [7, 11) is 1.82. The Kier molecular flexibility index (Phi) is 5.23. The summed E-state index contributed by atoms with van der Waals surface area (Å²) in [6.07, 6.45) is 3.84. The monoisotopic (exact) mass is 422 g/mol. The summed E-state index contributed by atoms with van der Waals surface area (Å²) in [6.45, 7) is 2.98. The van der Waals surface area contributed by atoms with Crippen LogP contribution in [0.4, 0.5) is 0 Å². The molecule has 5 heteroatoms. The summed E-state index contributed by atoms with van der Waals surface area (Å²) in [5.74, 6) is 0. The van der Waals surface area contributed by atoms with Crippen LogP contribution in [0.15, 0.2) is 83.8 Å². The summed E-state index contributed by atoms with van der Waals surface area (Å²) in [6, 6.07) is 24.7. The van der Waals surface area contributed by atoms with E-state index in [9.17, 15) is 4.79 Å². The van der Waals surface area contributed by atoms with E-state index in [0.29, 0.717) is 5.69 Å². The van der Waals surface area contributed by atoms with Crippen LogP contribution >= 0.6 is 0 Å². The summed E-state index contributed by atoms with van der Waals surface area (Å²) < 4.78 is 3.71. The van der Waals surface area contributed by atoms with Gasteiger partial charge in [0.05, 0.1) is 16.6 Å². The normalized spacial score (nSPS) is 11.3. The molecule has 2 heterocycles. The van der Waals surface area contributed by atoms with Crippen LogP contribution in [-0.2, 0) is 13.5 Å². The summed E-state index contributed by atoms with van der Waals surface area (Å²) in [5, 5.41) is 1.01. The summed E-state index contributed by atoms with van der Waals surface area (Å²) in [4.78, 5) is 18.2. The Morgan fingerprint density at radius 2 is 1.69 bits per heavy atom. The number of hydrogen-bond donors (Lipinski definition) is 1. The second-order valence-electron chi connectivity index (χ2n) is 8.15. The van der Waals surface area contributed by atoms with E-state index in [0.717, 1.165) is 46.9 Å². The van der Waals surface area contributed by atoms with Gasteiger partial charge in [0.15, 0.2) is 0 Å². The molecule has 5 nitrogen and oxygen atoms in total. The summed E-state index contributed by atoms with van der Waals surface area (Å²) >= 11 is 0. The molecule has 32 heavy (non-hydrogen) atoms. The third-order valence-electron chi connectivity index (χ3n) is 5.89. The third kappa shape index (κ3) is 3.56. The van der Waals surface area contributed by atoms with Crippen molar-refractivity contribution in [1.29, 1.82) is 0 Å². The average Bonchev–Trinajstić information content (AvgIpc) is 3.19. The Morgan fingerprint density at radius 3 is 2.50 bits per heavy atom. The van der Waals surface area contributed by atoms with Crippen molar-refractivity contribution in [3.63, 3.8) is 0 Å². The molecule has 0 fully saturated rings. The Labute approximate surface area is 186 Å². The molecular weight excluding hydrogens is 396 g/mol. The number of aryl methyl sites for hydroxylation is 1. The molecule has 5 rings (SSSR count). The zero-order valence-electron chi connectivity index (χ0n) is 18.4. The topological polar surface area (TPSA) is 51.9 Å². The van der Waals surface area contributed by atoms with E-state index in [4.69, 9.17) is 4.98 Å². The second kappa shape index (κ2) is 8.35. The third-order valence-corrected chi connectivity index (χ3v) is 5.89. The molecule has 0 atom stereocenters. The predicted molar refractivity (Wildman–Crippen MR) is 132 cm³/mol. The molecule has 0 aliphatic rings. The zero-order valence-corrected chi connectivity index (χ0v) is 18.4. The maximum atomic E-state index is 13.3. The largest absolute Gasteiger partial charge is 0.326 e. The van der Waals surface area contributed by atoms with Gasteiger partial charge in [-0.05, 0) is 42.2 Å². The van der Waals surface area contributed by atoms with Gasteiger partial charge in [-0.25, -0.2) is 4.98 Å². The van der Waals surface area contributed by atoms with Gasteiger partial charge in [0.2, 0.25) is 0 Å². The highest BCUT2D eigenvalue weighted by Gasteiger charge is 2.17. The second-order valence-corrected chi connectivity index (χ2v) is 8.15. The van der Waals surface area contributed by atoms with Crippen molar-refractivity contribution in [2.75, 3.05) is 12.0 Å². The van der Waals surface area contributed by atoms with E-state index >= 15 is 0 Å². The molecule has 0 spiro atoms. The first-order valence-corrected chi connectivity index (χ1v) is 11.0. The molecule has 0 aliphatic carbocycles. The minimum atomic E-state index is -0.0910. The van der Waals surface area contributed by atoms with Crippen LogP contribution in [0.5, 0.6) is 0 Å². The van der Waals surface area contributed by atoms with Gasteiger partial charge in [-0.15, -0.1) is 0 Å². The minimum absolute atomic E-state index is 0.0910. The molecule has 0 amide bonds. The molecule has 0 unspecified atom stereocenters. The smallest absolute Gasteiger partial charge is 0.277 e. The average molecular weight is 423 g/mol. The van der Waals surface area contributed by atoms with E-state index in [1.807, 2.05) is 48.3 Å². The maximum Gasteiger partial charge on any atom is 0.277 e. The van der Waals surface area contributed by atoms with Crippen LogP contribution in [0.2, 0.25) is 0 Å². The lowest BCUT2D eigenvalue weighted by Gasteiger charge is -2.10. The van der Waals surface area contributed by atoms with Gasteiger partial charge < -0.3 is 9.99 Å². The maximum absolute atomic E-state index is 13.3. The van der Waals surface area contributed by atoms with E-state index < -0.39 is 0 Å². The van der Waals surface area contributed by atoms with Crippen LogP contribution in [0.25, 0.3) is 33.2 Å². The van der Waals surface area contributed by atoms with Gasteiger partial charge >= 0.3 is 0 Å². The molecule has 0 saturated carbocycles. The van der Waals surface area contributed by atoms with Gasteiger partial charge in [-0.3, -0.25) is 9.47 Å². The van der Waals surface area contributed by atoms with Crippen LogP contribution in [0.1, 0.15) is 24.5 Å². The SMILES string of the molecule is CCCNn1cc(-c2nc3cc(Cc4ccccc4)ccc3n(C)c2=O)c2ccccc21. The number of hydrogen-bond acceptors (Lipinski definition) is 3. The van der Waals surface area contributed by atoms with Crippen LogP contribution in [0.3, 0.4) is 0 Å². The molecule has 0 saturated heterocycles. The lowest BCUT2D eigenvalue weighted by atomic mass is 10.0. The number of nitrogens with zero attached hydrogens (tertiary/aromatic N) is 3. The lowest BCUT2D eigenvalue weighted by Crippen LogP contribution is -2.21. The standard InChI is InChI=1S/C27H26N4O/c1-3-15-28-31-18-22(21-11-7-8-12-24(21)31)26-27(32)30(2)25-14-13-20(17-23(25)29-26)16-19-9-5-4-6-10-19/h4-14,17-18,28H,3,15-16H2,1-2H3. The molecule has 0 bridgehead atoms. The van der Waals surface area contributed by atoms with Gasteiger partial charge in [0.1, 0.15) is 5.69 Å². The highest BCUT2D eigenvalue weighted by Crippen LogP contribution is 2.28. The number of fused-ring (bicyclic) bond motifs is 2. The number of rotatable bonds is 6. The van der Waals surface area contributed by atoms with Crippen molar-refractivity contribution < 1.29 is 0 Å². The van der Waals surface area contributed by atoms with E-state index in [1.54, 1.807) is 4.57 Å². The Bertz CT molecular complexity index is 1460. The fourth-order valence-corrected chi connectivity index (χ4v) is 4.23. The molecule has 160 valence electrons. The van der Waals surface area contributed by atoms with Crippen molar-refractivity contribution in [3.8, 4) is 11.3 Å². The van der Waals surface area contributed by atoms with E-state index in [-0.39, 0.29) is 5.56 Å². The Hall–Kier alpha value is -3.86. The van der Waals surface area contributed by atoms with Crippen LogP contribution < -0.4 is 11.0 Å². The first kappa shape index (κ1) is 20.1. The van der Waals surface area contributed by atoms with Crippen LogP contribution in [0, 0.1) is 0 Å². The Morgan fingerprint density at radius 1 is 0.906 bits per heavy atom. The number of nitrogens with one attached hydrogen (secondary N) is 1. The zero-order chi connectivity index (χ0) is 22.1. The van der Waals surface area contributed by atoms with Crippen molar-refractivity contribution in [3.05, 3.63) is 100 Å². The van der Waals surface area contributed by atoms with Gasteiger partial charge in [-0.2, -0.15) is 0 Å². The fourth-order valence-electron chi connectivity index (χ4n) is 4.23. The fraction of sp³-hybridized carbons (Fsp3) is 0.185. The molecule has 2 aromatic heterocycles. The molecule has 0 aliphatic heterocycles. The number of aromatic nitrogens is 3. The lowest BCUT2D eigenvalue weighted by molar-refractivity contribution is 0.832. The van der Waals surface area contributed by atoms with Gasteiger partial charge in [-0.1, -0.05) is 61.5 Å². The van der Waals surface area contributed by atoms with Crippen molar-refractivity contribution in [1.82, 2.24) is 14.2 Å². The minimum Gasteiger partial charge on any atom is -0.326 e.